The lowest BCUT2D eigenvalue weighted by molar-refractivity contribution is -0.139. The Hall–Kier alpha value is -1.85. The highest BCUT2D eigenvalue weighted by Crippen LogP contribution is 2.32. The average molecular weight is 760 g/mol. The van der Waals surface area contributed by atoms with Gasteiger partial charge in [0.15, 0.2) is 0 Å². The van der Waals surface area contributed by atoms with E-state index < -0.39 is 18.2 Å². The van der Waals surface area contributed by atoms with Crippen molar-refractivity contribution in [1.29, 1.82) is 0 Å². The zero-order chi connectivity index (χ0) is 31.9. The summed E-state index contributed by atoms with van der Waals surface area (Å²) in [6, 6.07) is 11.9. The zero-order valence-electron chi connectivity index (χ0n) is 25.5. The number of ether oxygens (including phenoxy) is 1. The summed E-state index contributed by atoms with van der Waals surface area (Å²) in [4.78, 5) is 28.6. The van der Waals surface area contributed by atoms with E-state index in [1.54, 1.807) is 29.2 Å². The molecule has 0 aliphatic heterocycles. The lowest BCUT2D eigenvalue weighted by Gasteiger charge is -2.40. The van der Waals surface area contributed by atoms with Crippen LogP contribution in [0.5, 0.6) is 5.75 Å². The summed E-state index contributed by atoms with van der Waals surface area (Å²) in [6.07, 6.45) is 10.4. The molecule has 0 fully saturated rings. The Morgan fingerprint density at radius 1 is 1.00 bits per heavy atom. The third-order valence-electron chi connectivity index (χ3n) is 7.87. The topological polar surface area (TPSA) is 99.1 Å². The number of aliphatic hydroxyl groups excluding tert-OH is 2. The molecule has 3 rings (SSSR count). The summed E-state index contributed by atoms with van der Waals surface area (Å²) in [5.41, 5.74) is 1.16. The number of nitrogens with one attached hydrogen (secondary N) is 1. The molecule has 0 saturated heterocycles. The number of unbranched alkanes of at least 4 members (excludes halogenated alkanes) is 8. The van der Waals surface area contributed by atoms with Crippen molar-refractivity contribution >= 4 is 57.6 Å². The zero-order valence-corrected chi connectivity index (χ0v) is 29.1. The van der Waals surface area contributed by atoms with E-state index in [0.717, 1.165) is 28.4 Å². The van der Waals surface area contributed by atoms with Gasteiger partial charge in [-0.1, -0.05) is 99.7 Å². The van der Waals surface area contributed by atoms with Crippen molar-refractivity contribution in [2.24, 2.45) is 0 Å². The highest BCUT2D eigenvalue weighted by molar-refractivity contribution is 14.1. The quantitative estimate of drug-likeness (QED) is 0.108. The molecule has 1 aliphatic rings. The molecule has 0 saturated carbocycles. The van der Waals surface area contributed by atoms with Gasteiger partial charge in [0.05, 0.1) is 26.3 Å². The van der Waals surface area contributed by atoms with Crippen molar-refractivity contribution in [2.75, 3.05) is 13.2 Å². The molecule has 0 bridgehead atoms. The maximum absolute atomic E-state index is 13.9. The minimum atomic E-state index is -1.10. The van der Waals surface area contributed by atoms with Gasteiger partial charge in [-0.2, -0.15) is 0 Å². The van der Waals surface area contributed by atoms with Crippen molar-refractivity contribution in [3.05, 3.63) is 73.3 Å². The molecule has 0 radical (unpaired) electrons. The minimum Gasteiger partial charge on any atom is -0.482 e. The van der Waals surface area contributed by atoms with Crippen LogP contribution < -0.4 is 10.1 Å². The largest absolute Gasteiger partial charge is 0.482 e. The van der Waals surface area contributed by atoms with E-state index in [-0.39, 0.29) is 37.9 Å². The van der Waals surface area contributed by atoms with Gasteiger partial charge in [0, 0.05) is 31.5 Å². The van der Waals surface area contributed by atoms with Crippen LogP contribution in [0.4, 0.5) is 0 Å². The van der Waals surface area contributed by atoms with E-state index in [9.17, 15) is 19.8 Å². The number of nitrogens with zero attached hydrogens (tertiary/aromatic N) is 1. The molecule has 1 aliphatic carbocycles. The van der Waals surface area contributed by atoms with Crippen molar-refractivity contribution in [1.82, 2.24) is 10.2 Å². The molecule has 0 unspecified atom stereocenters. The van der Waals surface area contributed by atoms with Gasteiger partial charge in [-0.15, -0.1) is 0 Å². The smallest absolute Gasteiger partial charge is 0.247 e. The fourth-order valence-electron chi connectivity index (χ4n) is 5.42. The predicted octanol–water partition coefficient (Wildman–Crippen LogP) is 7.46. The van der Waals surface area contributed by atoms with Gasteiger partial charge < -0.3 is 25.2 Å². The lowest BCUT2D eigenvalue weighted by atomic mass is 9.87. The number of benzene rings is 2. The average Bonchev–Trinajstić information content (AvgIpc) is 3.01. The van der Waals surface area contributed by atoms with Gasteiger partial charge in [-0.05, 0) is 64.9 Å². The number of hydrogen-bond acceptors (Lipinski definition) is 5. The molecule has 3 atom stereocenters. The first-order valence-corrected chi connectivity index (χ1v) is 17.5. The maximum atomic E-state index is 13.9. The molecule has 0 aromatic heterocycles. The van der Waals surface area contributed by atoms with E-state index in [1.165, 1.54) is 38.5 Å². The molecule has 3 N–H and O–H groups in total. The molecule has 10 heteroatoms. The molecule has 0 heterocycles. The number of para-hydroxylation sites is 1. The van der Waals surface area contributed by atoms with Crippen molar-refractivity contribution < 1.29 is 24.5 Å². The summed E-state index contributed by atoms with van der Waals surface area (Å²) < 4.78 is 7.10. The van der Waals surface area contributed by atoms with Crippen LogP contribution in [0, 0.1) is 3.57 Å². The van der Waals surface area contributed by atoms with E-state index in [4.69, 9.17) is 27.9 Å². The van der Waals surface area contributed by atoms with Crippen LogP contribution in [-0.2, 0) is 16.1 Å². The molecular formula is C34H45Cl2IN2O5. The molecule has 2 amide bonds. The molecule has 2 aromatic carbocycles. The summed E-state index contributed by atoms with van der Waals surface area (Å²) >= 11 is 14.6. The van der Waals surface area contributed by atoms with E-state index in [0.29, 0.717) is 27.8 Å². The van der Waals surface area contributed by atoms with Crippen LogP contribution in [0.3, 0.4) is 0 Å². The summed E-state index contributed by atoms with van der Waals surface area (Å²) in [5, 5.41) is 24.5. The number of aliphatic hydroxyl groups is 2. The van der Waals surface area contributed by atoms with Crippen LogP contribution in [0.2, 0.25) is 10.0 Å². The lowest BCUT2D eigenvalue weighted by Crippen LogP contribution is -2.54. The van der Waals surface area contributed by atoms with Crippen molar-refractivity contribution in [3.8, 4) is 5.75 Å². The number of halogens is 3. The van der Waals surface area contributed by atoms with E-state index in [1.807, 2.05) is 24.3 Å². The van der Waals surface area contributed by atoms with Gasteiger partial charge in [0.1, 0.15) is 18.0 Å². The third kappa shape index (κ3) is 11.5. The van der Waals surface area contributed by atoms with E-state index >= 15 is 0 Å². The number of hydrogen-bond donors (Lipinski definition) is 3. The summed E-state index contributed by atoms with van der Waals surface area (Å²) in [6.45, 7) is 2.30. The second-order valence-electron chi connectivity index (χ2n) is 11.3. The Morgan fingerprint density at radius 2 is 1.68 bits per heavy atom. The Balaban J connectivity index is 1.82. The monoisotopic (exact) mass is 758 g/mol. The highest BCUT2D eigenvalue weighted by atomic mass is 127. The van der Waals surface area contributed by atoms with Crippen molar-refractivity contribution in [3.63, 3.8) is 0 Å². The van der Waals surface area contributed by atoms with Crippen LogP contribution in [0.15, 0.2) is 54.1 Å². The Morgan fingerprint density at radius 3 is 2.34 bits per heavy atom. The maximum Gasteiger partial charge on any atom is 0.247 e. The normalized spacial score (nSPS) is 18.0. The first-order valence-electron chi connectivity index (χ1n) is 15.7. The van der Waals surface area contributed by atoms with Gasteiger partial charge >= 0.3 is 0 Å². The van der Waals surface area contributed by atoms with Crippen molar-refractivity contribution in [2.45, 2.75) is 102 Å². The number of carbonyl (C=O) groups is 2. The Bertz CT molecular complexity index is 1240. The van der Waals surface area contributed by atoms with Crippen LogP contribution in [-0.4, -0.2) is 58.3 Å². The molecule has 2 aromatic rings. The van der Waals surface area contributed by atoms with Crippen LogP contribution in [0.25, 0.3) is 0 Å². The summed E-state index contributed by atoms with van der Waals surface area (Å²) in [5.74, 6) is 0.0996. The minimum absolute atomic E-state index is 0.0933. The second-order valence-corrected chi connectivity index (χ2v) is 13.3. The molecule has 44 heavy (non-hydrogen) atoms. The molecule has 0 spiro atoms. The van der Waals surface area contributed by atoms with Crippen LogP contribution >= 0.6 is 45.8 Å². The van der Waals surface area contributed by atoms with E-state index in [2.05, 4.69) is 34.8 Å². The standard InChI is InChI=1S/C34H45Cl2IN2O5/c1-2-3-4-5-6-7-8-9-10-15-32(41)39(23-24-16-17-26(35)27(36)20-24)29-21-25(34(43)38-18-19-40)22-31(33(29)42)44-30-14-12-11-13-28(30)37/h11-14,16-17,20,22,29,31,33,40,42H,2-10,15,18-19,21,23H2,1H3,(H,38,43)/t29-,31+,33+/m1/s1. The SMILES string of the molecule is CCCCCCCCCCCC(=O)N(Cc1ccc(Cl)c(Cl)c1)[C@@H]1CC(C(=O)NCCO)=C[C@H](Oc2ccccc2I)[C@H]1O. The fourth-order valence-corrected chi connectivity index (χ4v) is 6.26. The predicted molar refractivity (Wildman–Crippen MR) is 185 cm³/mol. The number of rotatable bonds is 18. The Labute approximate surface area is 285 Å². The van der Waals surface area contributed by atoms with Gasteiger partial charge in [0.2, 0.25) is 11.8 Å². The highest BCUT2D eigenvalue weighted by Gasteiger charge is 2.40. The van der Waals surface area contributed by atoms with Gasteiger partial charge in [0.25, 0.3) is 0 Å². The van der Waals surface area contributed by atoms with Gasteiger partial charge in [-0.3, -0.25) is 9.59 Å². The third-order valence-corrected chi connectivity index (χ3v) is 9.50. The van der Waals surface area contributed by atoms with Gasteiger partial charge in [-0.25, -0.2) is 0 Å². The molecule has 7 nitrogen and oxygen atoms in total. The first kappa shape index (κ1) is 36.6. The molecular weight excluding hydrogens is 714 g/mol. The number of amides is 2. The molecule has 242 valence electrons. The summed E-state index contributed by atoms with van der Waals surface area (Å²) in [7, 11) is 0. The fraction of sp³-hybridized carbons (Fsp3) is 0.529. The van der Waals surface area contributed by atoms with Crippen LogP contribution in [0.1, 0.15) is 83.1 Å². The Kier molecular flexibility index (Phi) is 16.3. The second kappa shape index (κ2) is 19.6. The first-order chi connectivity index (χ1) is 21.2. The number of carbonyl (C=O) groups excluding carboxylic acids is 2.